The molecule has 0 N–H and O–H groups in total. The lowest BCUT2D eigenvalue weighted by Gasteiger charge is -1.88. The number of thioether (sulfide) groups is 1. The average molecular weight is 130 g/mol. The summed E-state index contributed by atoms with van der Waals surface area (Å²) in [4.78, 5) is 20.4. The first-order valence-corrected chi connectivity index (χ1v) is 3.46. The fourth-order valence-corrected chi connectivity index (χ4v) is 1.53. The number of aldehydes is 1. The van der Waals surface area contributed by atoms with Crippen molar-refractivity contribution < 1.29 is 9.59 Å². The van der Waals surface area contributed by atoms with Gasteiger partial charge in [0.15, 0.2) is 0 Å². The maximum atomic E-state index is 10.4. The summed E-state index contributed by atoms with van der Waals surface area (Å²) in [6.45, 7) is 0. The van der Waals surface area contributed by atoms with Crippen molar-refractivity contribution in [2.24, 2.45) is 0 Å². The number of hydrogen-bond donors (Lipinski definition) is 0. The van der Waals surface area contributed by atoms with Crippen LogP contribution in [0.2, 0.25) is 0 Å². The average Bonchev–Trinajstić information content (AvgIpc) is 2.14. The van der Waals surface area contributed by atoms with Crippen LogP contribution in [-0.4, -0.2) is 23.1 Å². The van der Waals surface area contributed by atoms with Crippen LogP contribution in [0.5, 0.6) is 0 Å². The van der Waals surface area contributed by atoms with Gasteiger partial charge < -0.3 is 4.79 Å². The van der Waals surface area contributed by atoms with Crippen molar-refractivity contribution in [3.63, 3.8) is 0 Å². The Bertz CT molecular complexity index is 122. The molecule has 1 saturated heterocycles. The second-order valence-electron chi connectivity index (χ2n) is 1.73. The molecular weight excluding hydrogens is 124 g/mol. The Morgan fingerprint density at radius 3 is 2.75 bits per heavy atom. The van der Waals surface area contributed by atoms with Crippen LogP contribution in [-0.2, 0) is 9.59 Å². The van der Waals surface area contributed by atoms with Crippen molar-refractivity contribution in [1.29, 1.82) is 0 Å². The summed E-state index contributed by atoms with van der Waals surface area (Å²) in [5.41, 5.74) is 0. The summed E-state index contributed by atoms with van der Waals surface area (Å²) in [6, 6.07) is 0. The molecule has 2 nitrogen and oxygen atoms in total. The molecule has 0 spiro atoms. The molecule has 1 aliphatic heterocycles. The van der Waals surface area contributed by atoms with E-state index in [1.807, 2.05) is 0 Å². The number of rotatable bonds is 1. The van der Waals surface area contributed by atoms with Gasteiger partial charge in [-0.3, -0.25) is 4.79 Å². The Morgan fingerprint density at radius 1 is 1.75 bits per heavy atom. The number of carbonyl (C=O) groups excluding carboxylic acids is 2. The van der Waals surface area contributed by atoms with E-state index in [9.17, 15) is 9.59 Å². The van der Waals surface area contributed by atoms with Gasteiger partial charge in [0.05, 0.1) is 11.0 Å². The number of hydrogen-bond acceptors (Lipinski definition) is 3. The summed E-state index contributed by atoms with van der Waals surface area (Å²) in [7, 11) is 0. The SMILES string of the molecule is O=CC1CC(=O)CS1. The van der Waals surface area contributed by atoms with E-state index in [2.05, 4.69) is 0 Å². The predicted octanol–water partition coefficient (Wildman–Crippen LogP) is 0.260. The van der Waals surface area contributed by atoms with Gasteiger partial charge in [-0.05, 0) is 0 Å². The van der Waals surface area contributed by atoms with Gasteiger partial charge >= 0.3 is 0 Å². The van der Waals surface area contributed by atoms with Gasteiger partial charge in [-0.15, -0.1) is 11.8 Å². The molecule has 1 heterocycles. The van der Waals surface area contributed by atoms with Gasteiger partial charge in [-0.25, -0.2) is 0 Å². The van der Waals surface area contributed by atoms with Crippen LogP contribution < -0.4 is 0 Å². The van der Waals surface area contributed by atoms with Gasteiger partial charge in [0.2, 0.25) is 0 Å². The Hall–Kier alpha value is -0.310. The van der Waals surface area contributed by atoms with Crippen LogP contribution in [0, 0.1) is 0 Å². The zero-order chi connectivity index (χ0) is 5.98. The number of carbonyl (C=O) groups is 2. The first kappa shape index (κ1) is 5.82. The molecule has 44 valence electrons. The van der Waals surface area contributed by atoms with Crippen LogP contribution >= 0.6 is 11.8 Å². The first-order valence-electron chi connectivity index (χ1n) is 2.41. The normalized spacial score (nSPS) is 28.5. The molecule has 0 aromatic carbocycles. The van der Waals surface area contributed by atoms with E-state index in [1.54, 1.807) is 0 Å². The molecule has 3 heteroatoms. The van der Waals surface area contributed by atoms with Crippen molar-refractivity contribution in [3.8, 4) is 0 Å². The largest absolute Gasteiger partial charge is 0.302 e. The molecule has 0 aromatic rings. The van der Waals surface area contributed by atoms with E-state index in [0.717, 1.165) is 6.29 Å². The fourth-order valence-electron chi connectivity index (χ4n) is 0.630. The van der Waals surface area contributed by atoms with Gasteiger partial charge in [-0.2, -0.15) is 0 Å². The number of Topliss-reactive ketones (excluding diaryl/α,β-unsaturated/α-hetero) is 1. The molecule has 1 fully saturated rings. The van der Waals surface area contributed by atoms with E-state index >= 15 is 0 Å². The molecule has 0 bridgehead atoms. The van der Waals surface area contributed by atoms with Crippen LogP contribution in [0.3, 0.4) is 0 Å². The van der Waals surface area contributed by atoms with Crippen molar-refractivity contribution >= 4 is 23.8 Å². The zero-order valence-corrected chi connectivity index (χ0v) is 5.11. The Kier molecular flexibility index (Phi) is 1.68. The zero-order valence-electron chi connectivity index (χ0n) is 4.29. The minimum atomic E-state index is -0.0394. The third kappa shape index (κ3) is 1.10. The molecule has 0 aliphatic carbocycles. The third-order valence-electron chi connectivity index (χ3n) is 1.04. The minimum absolute atomic E-state index is 0.0394. The standard InChI is InChI=1S/C5H6O2S/c6-2-5-1-4(7)3-8-5/h2,5H,1,3H2. The van der Waals surface area contributed by atoms with Crippen molar-refractivity contribution in [3.05, 3.63) is 0 Å². The molecule has 1 atom stereocenters. The van der Waals surface area contributed by atoms with E-state index in [0.29, 0.717) is 12.2 Å². The molecule has 1 unspecified atom stereocenters. The summed E-state index contributed by atoms with van der Waals surface area (Å²) in [6.07, 6.45) is 1.30. The van der Waals surface area contributed by atoms with Gasteiger partial charge in [0.25, 0.3) is 0 Å². The lowest BCUT2D eigenvalue weighted by atomic mass is 10.2. The molecule has 1 aliphatic rings. The monoisotopic (exact) mass is 130 g/mol. The maximum absolute atomic E-state index is 10.4. The summed E-state index contributed by atoms with van der Waals surface area (Å²) < 4.78 is 0. The van der Waals surface area contributed by atoms with E-state index in [-0.39, 0.29) is 11.0 Å². The second-order valence-corrected chi connectivity index (χ2v) is 2.96. The molecule has 8 heavy (non-hydrogen) atoms. The minimum Gasteiger partial charge on any atom is -0.302 e. The molecule has 0 radical (unpaired) electrons. The van der Waals surface area contributed by atoms with E-state index < -0.39 is 0 Å². The highest BCUT2D eigenvalue weighted by Crippen LogP contribution is 2.20. The molecular formula is C5H6O2S. The van der Waals surface area contributed by atoms with Crippen LogP contribution in [0.25, 0.3) is 0 Å². The molecule has 0 saturated carbocycles. The van der Waals surface area contributed by atoms with Crippen LogP contribution in [0.15, 0.2) is 0 Å². The van der Waals surface area contributed by atoms with E-state index in [4.69, 9.17) is 0 Å². The topological polar surface area (TPSA) is 34.1 Å². The third-order valence-corrected chi connectivity index (χ3v) is 2.23. The van der Waals surface area contributed by atoms with Crippen molar-refractivity contribution in [1.82, 2.24) is 0 Å². The van der Waals surface area contributed by atoms with Gasteiger partial charge in [0, 0.05) is 6.42 Å². The quantitative estimate of drug-likeness (QED) is 0.477. The highest BCUT2D eigenvalue weighted by atomic mass is 32.2. The lowest BCUT2D eigenvalue weighted by Crippen LogP contribution is -1.99. The maximum Gasteiger partial charge on any atom is 0.144 e. The Morgan fingerprint density at radius 2 is 2.50 bits per heavy atom. The number of ketones is 1. The summed E-state index contributed by atoms with van der Waals surface area (Å²) in [5, 5.41) is -0.0394. The second kappa shape index (κ2) is 2.31. The smallest absolute Gasteiger partial charge is 0.144 e. The Labute approximate surface area is 51.6 Å². The molecule has 0 aromatic heterocycles. The molecule has 1 rings (SSSR count). The van der Waals surface area contributed by atoms with Gasteiger partial charge in [0.1, 0.15) is 12.1 Å². The Balaban J connectivity index is 2.43. The van der Waals surface area contributed by atoms with Crippen LogP contribution in [0.1, 0.15) is 6.42 Å². The van der Waals surface area contributed by atoms with Gasteiger partial charge in [-0.1, -0.05) is 0 Å². The first-order chi connectivity index (χ1) is 3.83. The highest BCUT2D eigenvalue weighted by Gasteiger charge is 2.21. The predicted molar refractivity (Wildman–Crippen MR) is 31.9 cm³/mol. The van der Waals surface area contributed by atoms with Crippen LogP contribution in [0.4, 0.5) is 0 Å². The summed E-state index contributed by atoms with van der Waals surface area (Å²) >= 11 is 1.43. The summed E-state index contributed by atoms with van der Waals surface area (Å²) in [5.74, 6) is 0.732. The van der Waals surface area contributed by atoms with Crippen molar-refractivity contribution in [2.45, 2.75) is 11.7 Å². The van der Waals surface area contributed by atoms with Crippen molar-refractivity contribution in [2.75, 3.05) is 5.75 Å². The lowest BCUT2D eigenvalue weighted by molar-refractivity contribution is -0.117. The fraction of sp³-hybridized carbons (Fsp3) is 0.600. The molecule has 0 amide bonds. The van der Waals surface area contributed by atoms with E-state index in [1.165, 1.54) is 11.8 Å². The highest BCUT2D eigenvalue weighted by molar-refractivity contribution is 8.01.